The third-order valence-electron chi connectivity index (χ3n) is 2.20. The van der Waals surface area contributed by atoms with Crippen LogP contribution >= 0.6 is 0 Å². The van der Waals surface area contributed by atoms with Crippen LogP contribution in [0.3, 0.4) is 0 Å². The SMILES string of the molecule is CC1=CCCc2ccncc21. The molecule has 0 saturated carbocycles. The number of aryl methyl sites for hydroxylation is 1. The first kappa shape index (κ1) is 6.59. The maximum atomic E-state index is 4.11. The van der Waals surface area contributed by atoms with Crippen LogP contribution in [0.5, 0.6) is 0 Å². The number of hydrogen-bond acceptors (Lipinski definition) is 1. The molecular weight excluding hydrogens is 134 g/mol. The van der Waals surface area contributed by atoms with E-state index in [4.69, 9.17) is 0 Å². The highest BCUT2D eigenvalue weighted by Gasteiger charge is 2.07. The lowest BCUT2D eigenvalue weighted by atomic mass is 9.94. The molecule has 1 aromatic rings. The van der Waals surface area contributed by atoms with Gasteiger partial charge in [-0.2, -0.15) is 0 Å². The molecule has 0 atom stereocenters. The molecule has 0 N–H and O–H groups in total. The van der Waals surface area contributed by atoms with Crippen LogP contribution in [0.15, 0.2) is 24.5 Å². The molecule has 0 unspecified atom stereocenters. The van der Waals surface area contributed by atoms with E-state index >= 15 is 0 Å². The van der Waals surface area contributed by atoms with Crippen LogP contribution in [0.2, 0.25) is 0 Å². The van der Waals surface area contributed by atoms with E-state index in [9.17, 15) is 0 Å². The number of aromatic nitrogens is 1. The molecule has 1 heterocycles. The molecule has 1 aromatic heterocycles. The maximum Gasteiger partial charge on any atom is 0.0345 e. The molecule has 0 bridgehead atoms. The Hall–Kier alpha value is -1.11. The van der Waals surface area contributed by atoms with E-state index in [1.807, 2.05) is 12.4 Å². The Labute approximate surface area is 66.8 Å². The van der Waals surface area contributed by atoms with Gasteiger partial charge in [0.25, 0.3) is 0 Å². The Morgan fingerprint density at radius 3 is 3.18 bits per heavy atom. The molecule has 11 heavy (non-hydrogen) atoms. The fraction of sp³-hybridized carbons (Fsp3) is 0.300. The normalized spacial score (nSPS) is 15.5. The third kappa shape index (κ3) is 1.07. The predicted octanol–water partition coefficient (Wildman–Crippen LogP) is 2.43. The first-order valence-electron chi connectivity index (χ1n) is 3.98. The van der Waals surface area contributed by atoms with Crippen molar-refractivity contribution in [3.63, 3.8) is 0 Å². The van der Waals surface area contributed by atoms with Gasteiger partial charge in [-0.1, -0.05) is 6.08 Å². The standard InChI is InChI=1S/C10H11N/c1-8-3-2-4-9-5-6-11-7-10(8)9/h3,5-7H,2,4H2,1H3. The van der Waals surface area contributed by atoms with Gasteiger partial charge in [0, 0.05) is 12.4 Å². The van der Waals surface area contributed by atoms with E-state index in [2.05, 4.69) is 24.1 Å². The van der Waals surface area contributed by atoms with E-state index in [-0.39, 0.29) is 0 Å². The van der Waals surface area contributed by atoms with E-state index in [0.29, 0.717) is 0 Å². The first-order chi connectivity index (χ1) is 5.38. The molecule has 0 spiro atoms. The fourth-order valence-electron chi connectivity index (χ4n) is 1.55. The minimum Gasteiger partial charge on any atom is -0.264 e. The summed E-state index contributed by atoms with van der Waals surface area (Å²) in [6.45, 7) is 2.15. The molecule has 0 fully saturated rings. The van der Waals surface area contributed by atoms with E-state index in [1.165, 1.54) is 29.5 Å². The smallest absolute Gasteiger partial charge is 0.0345 e. The summed E-state index contributed by atoms with van der Waals surface area (Å²) in [6, 6.07) is 2.12. The van der Waals surface area contributed by atoms with Crippen molar-refractivity contribution in [2.75, 3.05) is 0 Å². The van der Waals surface area contributed by atoms with Crippen molar-refractivity contribution in [1.82, 2.24) is 4.98 Å². The molecule has 1 nitrogen and oxygen atoms in total. The highest BCUT2D eigenvalue weighted by atomic mass is 14.6. The predicted molar refractivity (Wildman–Crippen MR) is 46.2 cm³/mol. The summed E-state index contributed by atoms with van der Waals surface area (Å²) in [6.07, 6.45) is 8.47. The van der Waals surface area contributed by atoms with E-state index < -0.39 is 0 Å². The van der Waals surface area contributed by atoms with Gasteiger partial charge >= 0.3 is 0 Å². The van der Waals surface area contributed by atoms with Gasteiger partial charge in [-0.05, 0) is 42.5 Å². The van der Waals surface area contributed by atoms with Gasteiger partial charge in [-0.25, -0.2) is 0 Å². The molecule has 0 saturated heterocycles. The molecule has 0 aromatic carbocycles. The zero-order chi connectivity index (χ0) is 7.68. The Morgan fingerprint density at radius 1 is 1.45 bits per heavy atom. The summed E-state index contributed by atoms with van der Waals surface area (Å²) in [5, 5.41) is 0. The Balaban J connectivity index is 2.56. The molecule has 0 radical (unpaired) electrons. The van der Waals surface area contributed by atoms with Gasteiger partial charge in [-0.3, -0.25) is 4.98 Å². The second kappa shape index (κ2) is 2.50. The minimum atomic E-state index is 1.18. The van der Waals surface area contributed by atoms with E-state index in [1.54, 1.807) is 0 Å². The summed E-state index contributed by atoms with van der Waals surface area (Å²) >= 11 is 0. The van der Waals surface area contributed by atoms with Gasteiger partial charge in [0.05, 0.1) is 0 Å². The topological polar surface area (TPSA) is 12.9 Å². The van der Waals surface area contributed by atoms with Gasteiger partial charge in [-0.15, -0.1) is 0 Å². The molecule has 0 amide bonds. The Bertz CT molecular complexity index is 299. The average molecular weight is 145 g/mol. The first-order valence-corrected chi connectivity index (χ1v) is 3.98. The van der Waals surface area contributed by atoms with Crippen molar-refractivity contribution in [2.45, 2.75) is 19.8 Å². The molecule has 1 heteroatoms. The summed E-state index contributed by atoms with van der Waals surface area (Å²) in [5.41, 5.74) is 4.15. The molecule has 56 valence electrons. The lowest BCUT2D eigenvalue weighted by molar-refractivity contribution is 0.966. The van der Waals surface area contributed by atoms with Crippen molar-refractivity contribution in [3.8, 4) is 0 Å². The van der Waals surface area contributed by atoms with Crippen LogP contribution in [0.4, 0.5) is 0 Å². The quantitative estimate of drug-likeness (QED) is 0.546. The molecule has 2 rings (SSSR count). The Morgan fingerprint density at radius 2 is 2.36 bits per heavy atom. The summed E-state index contributed by atoms with van der Waals surface area (Å²) < 4.78 is 0. The number of pyridine rings is 1. The second-order valence-corrected chi connectivity index (χ2v) is 2.96. The number of hydrogen-bond donors (Lipinski definition) is 0. The summed E-state index contributed by atoms with van der Waals surface area (Å²) in [4.78, 5) is 4.11. The van der Waals surface area contributed by atoms with Crippen LogP contribution in [0.1, 0.15) is 24.5 Å². The van der Waals surface area contributed by atoms with Crippen LogP contribution < -0.4 is 0 Å². The highest BCUT2D eigenvalue weighted by Crippen LogP contribution is 2.24. The van der Waals surface area contributed by atoms with E-state index in [0.717, 1.165) is 0 Å². The molecule has 0 aliphatic heterocycles. The van der Waals surface area contributed by atoms with Gasteiger partial charge in [0.1, 0.15) is 0 Å². The van der Waals surface area contributed by atoms with Crippen molar-refractivity contribution in [2.24, 2.45) is 0 Å². The number of rotatable bonds is 0. The van der Waals surface area contributed by atoms with Gasteiger partial charge < -0.3 is 0 Å². The minimum absolute atomic E-state index is 1.18. The molecule has 1 aliphatic carbocycles. The molecular formula is C10H11N. The average Bonchev–Trinajstić information content (AvgIpc) is 2.06. The van der Waals surface area contributed by atoms with Gasteiger partial charge in [0.15, 0.2) is 0 Å². The fourth-order valence-corrected chi connectivity index (χ4v) is 1.55. The third-order valence-corrected chi connectivity index (χ3v) is 2.20. The van der Waals surface area contributed by atoms with Crippen LogP contribution in [-0.2, 0) is 6.42 Å². The number of fused-ring (bicyclic) bond motifs is 1. The lowest BCUT2D eigenvalue weighted by Gasteiger charge is -2.12. The largest absolute Gasteiger partial charge is 0.264 e. The van der Waals surface area contributed by atoms with Crippen LogP contribution in [-0.4, -0.2) is 4.98 Å². The van der Waals surface area contributed by atoms with Gasteiger partial charge in [0.2, 0.25) is 0 Å². The van der Waals surface area contributed by atoms with Crippen molar-refractivity contribution >= 4 is 5.57 Å². The second-order valence-electron chi connectivity index (χ2n) is 2.96. The highest BCUT2D eigenvalue weighted by molar-refractivity contribution is 5.67. The number of nitrogens with zero attached hydrogens (tertiary/aromatic N) is 1. The van der Waals surface area contributed by atoms with Crippen LogP contribution in [0, 0.1) is 0 Å². The summed E-state index contributed by atoms with van der Waals surface area (Å²) in [5.74, 6) is 0. The monoisotopic (exact) mass is 145 g/mol. The maximum absolute atomic E-state index is 4.11. The zero-order valence-electron chi connectivity index (χ0n) is 6.67. The van der Waals surface area contributed by atoms with Crippen molar-refractivity contribution in [1.29, 1.82) is 0 Å². The molecule has 1 aliphatic rings. The lowest BCUT2D eigenvalue weighted by Crippen LogP contribution is -1.97. The van der Waals surface area contributed by atoms with Crippen molar-refractivity contribution < 1.29 is 0 Å². The summed E-state index contributed by atoms with van der Waals surface area (Å²) in [7, 11) is 0. The zero-order valence-corrected chi connectivity index (χ0v) is 6.67. The Kier molecular flexibility index (Phi) is 1.50. The van der Waals surface area contributed by atoms with Crippen molar-refractivity contribution in [3.05, 3.63) is 35.7 Å². The number of allylic oxidation sites excluding steroid dienone is 2. The van der Waals surface area contributed by atoms with Crippen LogP contribution in [0.25, 0.3) is 5.57 Å².